The van der Waals surface area contributed by atoms with E-state index in [0.29, 0.717) is 0 Å². The molecule has 1 heterocycles. The van der Waals surface area contributed by atoms with Gasteiger partial charge in [0.1, 0.15) is 5.54 Å². The normalized spacial score (nSPS) is 15.5. The Labute approximate surface area is 136 Å². The average molecular weight is 299 g/mol. The van der Waals surface area contributed by atoms with Gasteiger partial charge in [0.25, 0.3) is 5.91 Å². The number of carbonyl (C=O) groups is 1. The van der Waals surface area contributed by atoms with Gasteiger partial charge in [0, 0.05) is 12.6 Å². The van der Waals surface area contributed by atoms with Crippen molar-refractivity contribution in [2.75, 3.05) is 7.05 Å². The molecule has 0 bridgehead atoms. The van der Waals surface area contributed by atoms with Crippen LogP contribution in [0, 0.1) is 0 Å². The van der Waals surface area contributed by atoms with Crippen molar-refractivity contribution in [1.82, 2.24) is 4.90 Å². The highest BCUT2D eigenvalue weighted by atomic mass is 16.2. The summed E-state index contributed by atoms with van der Waals surface area (Å²) >= 11 is 0. The van der Waals surface area contributed by atoms with Crippen LogP contribution in [-0.2, 0) is 5.54 Å². The highest BCUT2D eigenvalue weighted by Gasteiger charge is 2.49. The fourth-order valence-corrected chi connectivity index (χ4v) is 3.72. The standard InChI is InChI=1S/C21H17NO/c1-22-20(23)18-14-8-9-15-19(18)21(22,16-10-4-2-5-11-16)17-12-6-3-7-13-17/h2-15H,1H3. The molecule has 3 aromatic rings. The van der Waals surface area contributed by atoms with Crippen LogP contribution in [-0.4, -0.2) is 17.9 Å². The van der Waals surface area contributed by atoms with E-state index in [9.17, 15) is 4.79 Å². The Bertz CT molecular complexity index is 816. The van der Waals surface area contributed by atoms with E-state index < -0.39 is 5.54 Å². The second kappa shape index (κ2) is 5.10. The van der Waals surface area contributed by atoms with Crippen molar-refractivity contribution < 1.29 is 4.79 Å². The molecule has 0 spiro atoms. The lowest BCUT2D eigenvalue weighted by atomic mass is 9.77. The van der Waals surface area contributed by atoms with Crippen LogP contribution in [0.4, 0.5) is 0 Å². The first-order valence-electron chi connectivity index (χ1n) is 7.75. The van der Waals surface area contributed by atoms with Gasteiger partial charge in [-0.2, -0.15) is 0 Å². The van der Waals surface area contributed by atoms with Gasteiger partial charge in [0.15, 0.2) is 0 Å². The lowest BCUT2D eigenvalue weighted by Crippen LogP contribution is -2.43. The largest absolute Gasteiger partial charge is 0.324 e. The maximum Gasteiger partial charge on any atom is 0.255 e. The Hall–Kier alpha value is -2.87. The van der Waals surface area contributed by atoms with Gasteiger partial charge in [-0.15, -0.1) is 0 Å². The summed E-state index contributed by atoms with van der Waals surface area (Å²) < 4.78 is 0. The SMILES string of the molecule is CN1C(=O)c2ccccc2C1(c1ccccc1)c1ccccc1. The van der Waals surface area contributed by atoms with Crippen molar-refractivity contribution in [2.45, 2.75) is 5.54 Å². The molecule has 112 valence electrons. The molecular weight excluding hydrogens is 282 g/mol. The van der Waals surface area contributed by atoms with Crippen LogP contribution in [0.3, 0.4) is 0 Å². The molecule has 0 fully saturated rings. The monoisotopic (exact) mass is 299 g/mol. The molecule has 0 unspecified atom stereocenters. The van der Waals surface area contributed by atoms with E-state index in [1.165, 1.54) is 0 Å². The van der Waals surface area contributed by atoms with E-state index in [2.05, 4.69) is 30.3 Å². The molecule has 0 saturated heterocycles. The maximum atomic E-state index is 12.9. The number of fused-ring (bicyclic) bond motifs is 1. The van der Waals surface area contributed by atoms with Crippen LogP contribution in [0.25, 0.3) is 0 Å². The van der Waals surface area contributed by atoms with Gasteiger partial charge in [0.05, 0.1) is 0 Å². The lowest BCUT2D eigenvalue weighted by molar-refractivity contribution is 0.0736. The molecule has 0 aliphatic carbocycles. The lowest BCUT2D eigenvalue weighted by Gasteiger charge is -2.38. The van der Waals surface area contributed by atoms with Crippen molar-refractivity contribution >= 4 is 5.91 Å². The van der Waals surface area contributed by atoms with E-state index in [-0.39, 0.29) is 5.91 Å². The molecule has 1 amide bonds. The minimum atomic E-state index is -0.573. The highest BCUT2D eigenvalue weighted by Crippen LogP contribution is 2.47. The fraction of sp³-hybridized carbons (Fsp3) is 0.0952. The van der Waals surface area contributed by atoms with Gasteiger partial charge >= 0.3 is 0 Å². The Morgan fingerprint density at radius 3 is 1.74 bits per heavy atom. The zero-order valence-corrected chi connectivity index (χ0v) is 12.9. The number of benzene rings is 3. The Kier molecular flexibility index (Phi) is 3.05. The third-order valence-electron chi connectivity index (χ3n) is 4.74. The molecule has 1 aliphatic rings. The first-order chi connectivity index (χ1) is 11.3. The second-order valence-electron chi connectivity index (χ2n) is 5.85. The van der Waals surface area contributed by atoms with Crippen LogP contribution in [0.15, 0.2) is 84.9 Å². The zero-order chi connectivity index (χ0) is 15.9. The van der Waals surface area contributed by atoms with Gasteiger partial charge in [-0.05, 0) is 22.8 Å². The third-order valence-corrected chi connectivity index (χ3v) is 4.74. The molecule has 0 N–H and O–H groups in total. The molecule has 3 aromatic carbocycles. The minimum Gasteiger partial charge on any atom is -0.324 e. The van der Waals surface area contributed by atoms with Crippen molar-refractivity contribution in [3.05, 3.63) is 107 Å². The first kappa shape index (κ1) is 13.8. The Morgan fingerprint density at radius 2 is 1.17 bits per heavy atom. The molecule has 2 nitrogen and oxygen atoms in total. The molecule has 4 rings (SSSR count). The smallest absolute Gasteiger partial charge is 0.255 e. The minimum absolute atomic E-state index is 0.0632. The average Bonchev–Trinajstić information content (AvgIpc) is 2.86. The summed E-state index contributed by atoms with van der Waals surface area (Å²) in [6.45, 7) is 0. The maximum absolute atomic E-state index is 12.9. The zero-order valence-electron chi connectivity index (χ0n) is 12.9. The molecule has 0 aromatic heterocycles. The highest BCUT2D eigenvalue weighted by molar-refractivity contribution is 6.01. The molecule has 0 radical (unpaired) electrons. The van der Waals surface area contributed by atoms with E-state index in [1.807, 2.05) is 66.5 Å². The van der Waals surface area contributed by atoms with Gasteiger partial charge in [-0.25, -0.2) is 0 Å². The van der Waals surface area contributed by atoms with Crippen LogP contribution in [0.1, 0.15) is 27.0 Å². The predicted molar refractivity (Wildman–Crippen MR) is 91.3 cm³/mol. The number of rotatable bonds is 2. The molecule has 0 saturated carbocycles. The Balaban J connectivity index is 2.12. The fourth-order valence-electron chi connectivity index (χ4n) is 3.72. The quantitative estimate of drug-likeness (QED) is 0.698. The van der Waals surface area contributed by atoms with Crippen molar-refractivity contribution in [1.29, 1.82) is 0 Å². The summed E-state index contributed by atoms with van der Waals surface area (Å²) in [6, 6.07) is 28.4. The van der Waals surface area contributed by atoms with Crippen molar-refractivity contribution in [2.24, 2.45) is 0 Å². The van der Waals surface area contributed by atoms with Gasteiger partial charge in [0.2, 0.25) is 0 Å². The summed E-state index contributed by atoms with van der Waals surface area (Å²) in [4.78, 5) is 14.7. The van der Waals surface area contributed by atoms with E-state index >= 15 is 0 Å². The summed E-state index contributed by atoms with van der Waals surface area (Å²) in [7, 11) is 1.89. The van der Waals surface area contributed by atoms with E-state index in [0.717, 1.165) is 22.3 Å². The summed E-state index contributed by atoms with van der Waals surface area (Å²) in [5.41, 5.74) is 3.46. The number of hydrogen-bond donors (Lipinski definition) is 0. The van der Waals surface area contributed by atoms with Gasteiger partial charge < -0.3 is 4.90 Å². The summed E-state index contributed by atoms with van der Waals surface area (Å²) in [5.74, 6) is 0.0632. The summed E-state index contributed by atoms with van der Waals surface area (Å²) in [5, 5.41) is 0. The number of amides is 1. The molecule has 23 heavy (non-hydrogen) atoms. The van der Waals surface area contributed by atoms with Crippen molar-refractivity contribution in [3.63, 3.8) is 0 Å². The predicted octanol–water partition coefficient (Wildman–Crippen LogP) is 4.06. The van der Waals surface area contributed by atoms with Crippen LogP contribution in [0.2, 0.25) is 0 Å². The molecule has 0 atom stereocenters. The van der Waals surface area contributed by atoms with Crippen molar-refractivity contribution in [3.8, 4) is 0 Å². The second-order valence-corrected chi connectivity index (χ2v) is 5.85. The molecule has 2 heteroatoms. The number of carbonyl (C=O) groups excluding carboxylic acids is 1. The first-order valence-corrected chi connectivity index (χ1v) is 7.75. The van der Waals surface area contributed by atoms with Crippen LogP contribution < -0.4 is 0 Å². The summed E-state index contributed by atoms with van der Waals surface area (Å²) in [6.07, 6.45) is 0. The van der Waals surface area contributed by atoms with Crippen LogP contribution in [0.5, 0.6) is 0 Å². The number of hydrogen-bond acceptors (Lipinski definition) is 1. The van der Waals surface area contributed by atoms with Gasteiger partial charge in [-0.1, -0.05) is 78.9 Å². The number of nitrogens with zero attached hydrogens (tertiary/aromatic N) is 1. The van der Waals surface area contributed by atoms with E-state index in [1.54, 1.807) is 0 Å². The van der Waals surface area contributed by atoms with Crippen LogP contribution >= 0.6 is 0 Å². The van der Waals surface area contributed by atoms with E-state index in [4.69, 9.17) is 0 Å². The van der Waals surface area contributed by atoms with Gasteiger partial charge in [-0.3, -0.25) is 4.79 Å². The Morgan fingerprint density at radius 1 is 0.696 bits per heavy atom. The topological polar surface area (TPSA) is 20.3 Å². The third kappa shape index (κ3) is 1.78. The molecular formula is C21H17NO. The molecule has 1 aliphatic heterocycles.